The van der Waals surface area contributed by atoms with Gasteiger partial charge >= 0.3 is 0 Å². The summed E-state index contributed by atoms with van der Waals surface area (Å²) in [6.07, 6.45) is 2.15. The maximum atomic E-state index is 9.74. The van der Waals surface area contributed by atoms with Gasteiger partial charge < -0.3 is 15.2 Å². The Labute approximate surface area is 90.1 Å². The minimum atomic E-state index is 0.255. The average Bonchev–Trinajstić information content (AvgIpc) is 2.27. The molecule has 1 atom stereocenters. The minimum Gasteiger partial charge on any atom is -0.504 e. The van der Waals surface area contributed by atoms with E-state index in [1.807, 2.05) is 12.1 Å². The number of methoxy groups -OCH3 is 1. The Morgan fingerprint density at radius 1 is 1.53 bits per heavy atom. The van der Waals surface area contributed by atoms with Gasteiger partial charge in [-0.15, -0.1) is 0 Å². The van der Waals surface area contributed by atoms with Gasteiger partial charge in [0.2, 0.25) is 0 Å². The Balaban J connectivity index is 2.45. The largest absolute Gasteiger partial charge is 0.504 e. The summed E-state index contributed by atoms with van der Waals surface area (Å²) in [6, 6.07) is 4.32. The number of rotatable bonds is 2. The molecule has 0 fully saturated rings. The first kappa shape index (κ1) is 10.3. The quantitative estimate of drug-likeness (QED) is 0.760. The maximum Gasteiger partial charge on any atom is 0.160 e. The predicted octanol–water partition coefficient (Wildman–Crippen LogP) is 0.971. The van der Waals surface area contributed by atoms with Crippen LogP contribution in [0.25, 0.3) is 0 Å². The third kappa shape index (κ3) is 1.79. The lowest BCUT2D eigenvalue weighted by atomic mass is 9.92. The molecule has 82 valence electrons. The topological polar surface area (TPSA) is 46.1 Å². The zero-order chi connectivity index (χ0) is 10.8. The first-order valence-electron chi connectivity index (χ1n) is 5.49. The summed E-state index contributed by atoms with van der Waals surface area (Å²) < 4.78 is 5.12. The van der Waals surface area contributed by atoms with Crippen molar-refractivity contribution in [2.24, 2.45) is 0 Å². The number of nitrogens with two attached hydrogens (primary N) is 1. The number of fused-ring (bicyclic) bond motifs is 1. The van der Waals surface area contributed by atoms with Crippen molar-refractivity contribution in [3.63, 3.8) is 0 Å². The summed E-state index contributed by atoms with van der Waals surface area (Å²) in [4.78, 5) is 0. The van der Waals surface area contributed by atoms with Gasteiger partial charge in [-0.1, -0.05) is 6.92 Å². The molecule has 15 heavy (non-hydrogen) atoms. The van der Waals surface area contributed by atoms with Gasteiger partial charge in [-0.3, -0.25) is 0 Å². The van der Waals surface area contributed by atoms with Crippen molar-refractivity contribution in [1.82, 2.24) is 0 Å². The van der Waals surface area contributed by atoms with E-state index in [0.29, 0.717) is 11.8 Å². The SMILES string of the molecule is CC[C@@H]1[NH2+]CCc2cc(OC)c(O)cc21. The number of phenols is 1. The van der Waals surface area contributed by atoms with Gasteiger partial charge in [-0.25, -0.2) is 0 Å². The summed E-state index contributed by atoms with van der Waals surface area (Å²) in [5.41, 5.74) is 2.58. The molecule has 1 heterocycles. The van der Waals surface area contributed by atoms with Crippen LogP contribution < -0.4 is 10.1 Å². The van der Waals surface area contributed by atoms with E-state index in [2.05, 4.69) is 12.2 Å². The van der Waals surface area contributed by atoms with Crippen LogP contribution in [0.5, 0.6) is 11.5 Å². The van der Waals surface area contributed by atoms with Crippen molar-refractivity contribution >= 4 is 0 Å². The summed E-state index contributed by atoms with van der Waals surface area (Å²) in [5, 5.41) is 12.1. The van der Waals surface area contributed by atoms with Gasteiger partial charge in [0.25, 0.3) is 0 Å². The number of phenolic OH excluding ortho intramolecular Hbond substituents is 1. The highest BCUT2D eigenvalue weighted by Crippen LogP contribution is 2.33. The van der Waals surface area contributed by atoms with E-state index in [1.165, 1.54) is 11.1 Å². The molecule has 0 aromatic heterocycles. The average molecular weight is 208 g/mol. The molecule has 0 radical (unpaired) electrons. The number of benzene rings is 1. The lowest BCUT2D eigenvalue weighted by molar-refractivity contribution is -0.699. The molecule has 0 amide bonds. The summed E-state index contributed by atoms with van der Waals surface area (Å²) >= 11 is 0. The number of quaternary nitrogens is 1. The van der Waals surface area contributed by atoms with E-state index in [-0.39, 0.29) is 5.75 Å². The fourth-order valence-electron chi connectivity index (χ4n) is 2.31. The molecule has 0 spiro atoms. The van der Waals surface area contributed by atoms with E-state index in [9.17, 15) is 5.11 Å². The van der Waals surface area contributed by atoms with Crippen molar-refractivity contribution in [2.75, 3.05) is 13.7 Å². The fourth-order valence-corrected chi connectivity index (χ4v) is 2.31. The Hall–Kier alpha value is -1.22. The summed E-state index contributed by atoms with van der Waals surface area (Å²) in [6.45, 7) is 3.30. The maximum absolute atomic E-state index is 9.74. The molecule has 1 aromatic carbocycles. The molecule has 0 unspecified atom stereocenters. The van der Waals surface area contributed by atoms with Crippen LogP contribution in [0.4, 0.5) is 0 Å². The highest BCUT2D eigenvalue weighted by Gasteiger charge is 2.23. The Bertz CT molecular complexity index is 363. The van der Waals surface area contributed by atoms with Crippen LogP contribution in [-0.2, 0) is 6.42 Å². The number of aromatic hydroxyl groups is 1. The lowest BCUT2D eigenvalue weighted by Crippen LogP contribution is -2.87. The normalized spacial score (nSPS) is 19.7. The molecule has 1 aliphatic rings. The van der Waals surface area contributed by atoms with Crippen LogP contribution in [0.15, 0.2) is 12.1 Å². The Kier molecular flexibility index (Phi) is 2.82. The molecule has 0 aliphatic carbocycles. The van der Waals surface area contributed by atoms with E-state index < -0.39 is 0 Å². The van der Waals surface area contributed by atoms with Crippen molar-refractivity contribution in [2.45, 2.75) is 25.8 Å². The number of hydrogen-bond donors (Lipinski definition) is 2. The van der Waals surface area contributed by atoms with Gasteiger partial charge in [0.05, 0.1) is 13.7 Å². The third-order valence-electron chi connectivity index (χ3n) is 3.14. The van der Waals surface area contributed by atoms with Gasteiger partial charge in [0, 0.05) is 18.4 Å². The Morgan fingerprint density at radius 2 is 2.33 bits per heavy atom. The lowest BCUT2D eigenvalue weighted by Gasteiger charge is -2.23. The van der Waals surface area contributed by atoms with Gasteiger partial charge in [-0.05, 0) is 17.7 Å². The zero-order valence-corrected chi connectivity index (χ0v) is 9.29. The second-order valence-corrected chi connectivity index (χ2v) is 4.01. The van der Waals surface area contributed by atoms with E-state index in [4.69, 9.17) is 4.74 Å². The highest BCUT2D eigenvalue weighted by molar-refractivity contribution is 5.47. The van der Waals surface area contributed by atoms with Crippen LogP contribution >= 0.6 is 0 Å². The van der Waals surface area contributed by atoms with Crippen LogP contribution in [0.3, 0.4) is 0 Å². The van der Waals surface area contributed by atoms with E-state index in [0.717, 1.165) is 19.4 Å². The van der Waals surface area contributed by atoms with Crippen molar-refractivity contribution in [1.29, 1.82) is 0 Å². The standard InChI is InChI=1S/C12H17NO2/c1-3-10-9-7-11(14)12(15-2)6-8(9)4-5-13-10/h6-7,10,13-14H,3-5H2,1-2H3/p+1/t10-/m0/s1. The van der Waals surface area contributed by atoms with Crippen molar-refractivity contribution < 1.29 is 15.2 Å². The molecule has 3 N–H and O–H groups in total. The monoisotopic (exact) mass is 208 g/mol. The molecule has 0 bridgehead atoms. The fraction of sp³-hybridized carbons (Fsp3) is 0.500. The number of ether oxygens (including phenoxy) is 1. The summed E-state index contributed by atoms with van der Waals surface area (Å²) in [5.74, 6) is 0.843. The van der Waals surface area contributed by atoms with Crippen LogP contribution in [0.1, 0.15) is 30.5 Å². The van der Waals surface area contributed by atoms with Crippen LogP contribution in [-0.4, -0.2) is 18.8 Å². The third-order valence-corrected chi connectivity index (χ3v) is 3.14. The van der Waals surface area contributed by atoms with E-state index >= 15 is 0 Å². The molecule has 1 aromatic rings. The summed E-state index contributed by atoms with van der Waals surface area (Å²) in [7, 11) is 1.59. The molecule has 1 aliphatic heterocycles. The van der Waals surface area contributed by atoms with Crippen molar-refractivity contribution in [3.8, 4) is 11.5 Å². The van der Waals surface area contributed by atoms with E-state index in [1.54, 1.807) is 7.11 Å². The smallest absolute Gasteiger partial charge is 0.160 e. The molecule has 0 saturated heterocycles. The second-order valence-electron chi connectivity index (χ2n) is 4.01. The second kappa shape index (κ2) is 4.11. The van der Waals surface area contributed by atoms with Crippen LogP contribution in [0, 0.1) is 0 Å². The molecule has 2 rings (SSSR count). The molecular formula is C12H18NO2+. The van der Waals surface area contributed by atoms with Crippen LogP contribution in [0.2, 0.25) is 0 Å². The molecule has 3 nitrogen and oxygen atoms in total. The van der Waals surface area contributed by atoms with Gasteiger partial charge in [0.15, 0.2) is 11.5 Å². The first-order chi connectivity index (χ1) is 7.26. The van der Waals surface area contributed by atoms with Crippen molar-refractivity contribution in [3.05, 3.63) is 23.3 Å². The van der Waals surface area contributed by atoms with Gasteiger partial charge in [-0.2, -0.15) is 0 Å². The molecular weight excluding hydrogens is 190 g/mol. The highest BCUT2D eigenvalue weighted by atomic mass is 16.5. The van der Waals surface area contributed by atoms with Gasteiger partial charge in [0.1, 0.15) is 6.04 Å². The molecule has 0 saturated carbocycles. The minimum absolute atomic E-state index is 0.255. The molecule has 3 heteroatoms. The predicted molar refractivity (Wildman–Crippen MR) is 58.2 cm³/mol. The number of hydrogen-bond acceptors (Lipinski definition) is 2. The first-order valence-corrected chi connectivity index (χ1v) is 5.49. The zero-order valence-electron chi connectivity index (χ0n) is 9.29. The Morgan fingerprint density at radius 3 is 3.00 bits per heavy atom.